The maximum Gasteiger partial charge on any atom is 0.264 e. The van der Waals surface area contributed by atoms with Crippen LogP contribution in [0.2, 0.25) is 0 Å². The summed E-state index contributed by atoms with van der Waals surface area (Å²) in [4.78, 5) is 5.19. The van der Waals surface area contributed by atoms with E-state index < -0.39 is 10.0 Å². The van der Waals surface area contributed by atoms with Gasteiger partial charge in [-0.05, 0) is 6.07 Å². The Morgan fingerprint density at radius 2 is 2.16 bits per heavy atom. The minimum absolute atomic E-state index is 0.285. The normalized spacial score (nSPS) is 11.9. The molecule has 0 saturated heterocycles. The Kier molecular flexibility index (Phi) is 4.56. The molecule has 2 N–H and O–H groups in total. The number of thiazole rings is 1. The largest absolute Gasteiger partial charge is 0.310 e. The van der Waals surface area contributed by atoms with Crippen molar-refractivity contribution in [2.75, 3.05) is 4.72 Å². The number of hydrogen-bond donors (Lipinski definition) is 2. The van der Waals surface area contributed by atoms with Crippen molar-refractivity contribution in [3.8, 4) is 0 Å². The molecular weight excluding hydrogens is 302 g/mol. The smallest absolute Gasteiger partial charge is 0.264 e. The van der Waals surface area contributed by atoms with Gasteiger partial charge in [-0.1, -0.05) is 13.8 Å². The SMILES string of the molecule is CC(C)NCc1cc(S(=O)(=O)Nc2nccs2)cs1. The van der Waals surface area contributed by atoms with Crippen molar-refractivity contribution in [1.29, 1.82) is 0 Å². The molecule has 2 aromatic heterocycles. The molecule has 0 unspecified atom stereocenters. The van der Waals surface area contributed by atoms with Crippen molar-refractivity contribution >= 4 is 37.8 Å². The fraction of sp³-hybridized carbons (Fsp3) is 0.364. The second kappa shape index (κ2) is 6.00. The third-order valence-electron chi connectivity index (χ3n) is 2.28. The van der Waals surface area contributed by atoms with E-state index in [1.54, 1.807) is 23.0 Å². The molecule has 0 atom stereocenters. The van der Waals surface area contributed by atoms with Crippen molar-refractivity contribution in [3.63, 3.8) is 0 Å². The van der Waals surface area contributed by atoms with E-state index >= 15 is 0 Å². The lowest BCUT2D eigenvalue weighted by atomic mass is 10.4. The summed E-state index contributed by atoms with van der Waals surface area (Å²) in [5, 5.41) is 7.01. The molecule has 0 aliphatic heterocycles. The van der Waals surface area contributed by atoms with E-state index in [-0.39, 0.29) is 4.90 Å². The molecule has 0 aromatic carbocycles. The zero-order valence-corrected chi connectivity index (χ0v) is 13.0. The van der Waals surface area contributed by atoms with Gasteiger partial charge in [0.2, 0.25) is 0 Å². The number of sulfonamides is 1. The van der Waals surface area contributed by atoms with E-state index in [1.165, 1.54) is 22.7 Å². The van der Waals surface area contributed by atoms with Crippen LogP contribution in [0.3, 0.4) is 0 Å². The number of rotatable bonds is 6. The van der Waals surface area contributed by atoms with E-state index in [4.69, 9.17) is 0 Å². The summed E-state index contributed by atoms with van der Waals surface area (Å²) in [5.74, 6) is 0. The van der Waals surface area contributed by atoms with Gasteiger partial charge >= 0.3 is 0 Å². The Labute approximate surface area is 120 Å². The molecule has 0 radical (unpaired) electrons. The van der Waals surface area contributed by atoms with Crippen LogP contribution >= 0.6 is 22.7 Å². The maximum atomic E-state index is 12.1. The summed E-state index contributed by atoms with van der Waals surface area (Å²) < 4.78 is 26.6. The number of thiophene rings is 1. The van der Waals surface area contributed by atoms with Crippen LogP contribution in [-0.4, -0.2) is 19.4 Å². The van der Waals surface area contributed by atoms with E-state index in [9.17, 15) is 8.42 Å². The molecule has 0 aliphatic rings. The van der Waals surface area contributed by atoms with E-state index in [1.807, 2.05) is 0 Å². The van der Waals surface area contributed by atoms with Gasteiger partial charge in [-0.3, -0.25) is 4.72 Å². The molecule has 2 heterocycles. The first-order chi connectivity index (χ1) is 8.97. The van der Waals surface area contributed by atoms with Crippen LogP contribution in [0.4, 0.5) is 5.13 Å². The first-order valence-electron chi connectivity index (χ1n) is 5.70. The molecule has 0 spiro atoms. The first kappa shape index (κ1) is 14.4. The topological polar surface area (TPSA) is 71.1 Å². The van der Waals surface area contributed by atoms with Gasteiger partial charge in [0.1, 0.15) is 0 Å². The van der Waals surface area contributed by atoms with Crippen LogP contribution < -0.4 is 10.0 Å². The lowest BCUT2D eigenvalue weighted by molar-refractivity contribution is 0.592. The Hall–Kier alpha value is -0.960. The predicted octanol–water partition coefficient (Wildman–Crippen LogP) is 2.50. The molecule has 8 heteroatoms. The standard InChI is InChI=1S/C11H15N3O2S3/c1-8(2)13-6-9-5-10(7-18-9)19(15,16)14-11-12-3-4-17-11/h3-5,7-8,13H,6H2,1-2H3,(H,12,14). The van der Waals surface area contributed by atoms with Crippen LogP contribution in [0.15, 0.2) is 27.9 Å². The number of aromatic nitrogens is 1. The summed E-state index contributed by atoms with van der Waals surface area (Å²) in [5.41, 5.74) is 0. The number of hydrogen-bond acceptors (Lipinski definition) is 6. The van der Waals surface area contributed by atoms with E-state index in [0.717, 1.165) is 4.88 Å². The summed E-state index contributed by atoms with van der Waals surface area (Å²) in [6.45, 7) is 4.78. The molecule has 19 heavy (non-hydrogen) atoms. The van der Waals surface area contributed by atoms with Crippen molar-refractivity contribution < 1.29 is 8.42 Å². The summed E-state index contributed by atoms with van der Waals surface area (Å²) in [6, 6.07) is 2.06. The molecule has 0 fully saturated rings. The van der Waals surface area contributed by atoms with Crippen molar-refractivity contribution in [2.45, 2.75) is 31.3 Å². The molecule has 104 valence electrons. The molecule has 2 rings (SSSR count). The number of anilines is 1. The van der Waals surface area contributed by atoms with Crippen LogP contribution in [0.5, 0.6) is 0 Å². The highest BCUT2D eigenvalue weighted by Gasteiger charge is 2.17. The van der Waals surface area contributed by atoms with Crippen LogP contribution in [0.1, 0.15) is 18.7 Å². The third-order valence-corrected chi connectivity index (χ3v) is 5.50. The van der Waals surface area contributed by atoms with Gasteiger partial charge in [0.15, 0.2) is 5.13 Å². The summed E-state index contributed by atoms with van der Waals surface area (Å²) in [7, 11) is -3.52. The number of nitrogens with one attached hydrogen (secondary N) is 2. The molecule has 2 aromatic rings. The monoisotopic (exact) mass is 317 g/mol. The first-order valence-corrected chi connectivity index (χ1v) is 8.95. The summed E-state index contributed by atoms with van der Waals surface area (Å²) in [6.07, 6.45) is 1.56. The quantitative estimate of drug-likeness (QED) is 0.859. The molecule has 5 nitrogen and oxygen atoms in total. The lowest BCUT2D eigenvalue weighted by Crippen LogP contribution is -2.21. The van der Waals surface area contributed by atoms with Crippen molar-refractivity contribution in [3.05, 3.63) is 27.9 Å². The molecular formula is C11H15N3O2S3. The minimum atomic E-state index is -3.52. The zero-order valence-electron chi connectivity index (χ0n) is 10.6. The van der Waals surface area contributed by atoms with Gasteiger partial charge in [0, 0.05) is 34.4 Å². The number of nitrogens with zero attached hydrogens (tertiary/aromatic N) is 1. The van der Waals surface area contributed by atoms with Gasteiger partial charge in [0.25, 0.3) is 10.0 Å². The highest BCUT2D eigenvalue weighted by atomic mass is 32.2. The second-order valence-corrected chi connectivity index (χ2v) is 7.80. The highest BCUT2D eigenvalue weighted by molar-refractivity contribution is 7.93. The zero-order chi connectivity index (χ0) is 13.9. The fourth-order valence-electron chi connectivity index (χ4n) is 1.35. The van der Waals surface area contributed by atoms with Crippen LogP contribution in [0.25, 0.3) is 0 Å². The van der Waals surface area contributed by atoms with Gasteiger partial charge in [0.05, 0.1) is 4.90 Å². The van der Waals surface area contributed by atoms with Gasteiger partial charge < -0.3 is 5.32 Å². The average Bonchev–Trinajstić information content (AvgIpc) is 2.96. The summed E-state index contributed by atoms with van der Waals surface area (Å²) >= 11 is 2.69. The van der Waals surface area contributed by atoms with Crippen molar-refractivity contribution in [1.82, 2.24) is 10.3 Å². The molecule has 0 bridgehead atoms. The molecule has 0 aliphatic carbocycles. The maximum absolute atomic E-state index is 12.1. The van der Waals surface area contributed by atoms with Gasteiger partial charge in [-0.15, -0.1) is 22.7 Å². The fourth-order valence-corrected chi connectivity index (χ4v) is 4.36. The van der Waals surface area contributed by atoms with Crippen LogP contribution in [-0.2, 0) is 16.6 Å². The highest BCUT2D eigenvalue weighted by Crippen LogP contribution is 2.22. The van der Waals surface area contributed by atoms with E-state index in [2.05, 4.69) is 28.9 Å². The average molecular weight is 317 g/mol. The minimum Gasteiger partial charge on any atom is -0.310 e. The molecule has 0 saturated carbocycles. The van der Waals surface area contributed by atoms with Crippen LogP contribution in [0, 0.1) is 0 Å². The Balaban J connectivity index is 2.08. The van der Waals surface area contributed by atoms with E-state index in [0.29, 0.717) is 17.7 Å². The van der Waals surface area contributed by atoms with Crippen molar-refractivity contribution in [2.24, 2.45) is 0 Å². The Morgan fingerprint density at radius 1 is 1.37 bits per heavy atom. The third kappa shape index (κ3) is 4.00. The Morgan fingerprint density at radius 3 is 2.79 bits per heavy atom. The Bertz CT molecular complexity index is 617. The molecule has 0 amide bonds. The van der Waals surface area contributed by atoms with Gasteiger partial charge in [-0.25, -0.2) is 13.4 Å². The lowest BCUT2D eigenvalue weighted by Gasteiger charge is -2.05. The predicted molar refractivity (Wildman–Crippen MR) is 79.2 cm³/mol. The second-order valence-electron chi connectivity index (χ2n) is 4.23. The van der Waals surface area contributed by atoms with Gasteiger partial charge in [-0.2, -0.15) is 0 Å².